The first-order valence-electron chi connectivity index (χ1n) is 6.95. The van der Waals surface area contributed by atoms with Crippen molar-refractivity contribution in [3.8, 4) is 0 Å². The molecule has 0 radical (unpaired) electrons. The van der Waals surface area contributed by atoms with Gasteiger partial charge in [0.15, 0.2) is 15.1 Å². The van der Waals surface area contributed by atoms with Crippen LogP contribution in [-0.4, -0.2) is 32.5 Å². The third-order valence-corrected chi connectivity index (χ3v) is 6.00. The second kappa shape index (κ2) is 6.56. The van der Waals surface area contributed by atoms with Gasteiger partial charge in [-0.25, -0.2) is 12.8 Å². The SMILES string of the molecule is COC(=O)C(C1CCCC(=O)C1)S(=O)(=O)c1cccc(F)c1. The fraction of sp³-hybridized carbons (Fsp3) is 0.467. The number of esters is 1. The van der Waals surface area contributed by atoms with Gasteiger partial charge < -0.3 is 4.74 Å². The molecule has 0 aromatic heterocycles. The molecule has 1 fully saturated rings. The lowest BCUT2D eigenvalue weighted by atomic mass is 9.86. The largest absolute Gasteiger partial charge is 0.468 e. The summed E-state index contributed by atoms with van der Waals surface area (Å²) in [6, 6.07) is 4.49. The summed E-state index contributed by atoms with van der Waals surface area (Å²) >= 11 is 0. The topological polar surface area (TPSA) is 77.5 Å². The Kier molecular flexibility index (Phi) is 4.95. The number of carbonyl (C=O) groups is 2. The van der Waals surface area contributed by atoms with E-state index in [0.29, 0.717) is 19.3 Å². The Bertz CT molecular complexity index is 683. The molecular formula is C15H17FO5S. The van der Waals surface area contributed by atoms with Gasteiger partial charge in [-0.2, -0.15) is 0 Å². The number of Topliss-reactive ketones (excluding diaryl/α,β-unsaturated/α-hetero) is 1. The maximum atomic E-state index is 13.3. The van der Waals surface area contributed by atoms with E-state index < -0.39 is 32.8 Å². The summed E-state index contributed by atoms with van der Waals surface area (Å²) in [5.41, 5.74) is 0. The number of hydrogen-bond donors (Lipinski definition) is 0. The molecule has 1 aliphatic rings. The molecule has 0 heterocycles. The maximum absolute atomic E-state index is 13.3. The van der Waals surface area contributed by atoms with Crippen molar-refractivity contribution in [1.82, 2.24) is 0 Å². The van der Waals surface area contributed by atoms with Crippen LogP contribution >= 0.6 is 0 Å². The number of ketones is 1. The number of ether oxygens (including phenoxy) is 1. The van der Waals surface area contributed by atoms with Crippen LogP contribution in [0.1, 0.15) is 25.7 Å². The molecule has 2 unspecified atom stereocenters. The first kappa shape index (κ1) is 16.6. The number of carbonyl (C=O) groups excluding carboxylic acids is 2. The smallest absolute Gasteiger partial charge is 0.324 e. The number of methoxy groups -OCH3 is 1. The molecular weight excluding hydrogens is 311 g/mol. The third kappa shape index (κ3) is 3.35. The average molecular weight is 328 g/mol. The lowest BCUT2D eigenvalue weighted by molar-refractivity contribution is -0.141. The monoisotopic (exact) mass is 328 g/mol. The van der Waals surface area contributed by atoms with Crippen LogP contribution in [-0.2, 0) is 24.2 Å². The Hall–Kier alpha value is -1.76. The lowest BCUT2D eigenvalue weighted by Gasteiger charge is -2.27. The number of sulfone groups is 1. The van der Waals surface area contributed by atoms with Crippen molar-refractivity contribution in [3.63, 3.8) is 0 Å². The highest BCUT2D eigenvalue weighted by Gasteiger charge is 2.43. The Balaban J connectivity index is 2.44. The molecule has 7 heteroatoms. The van der Waals surface area contributed by atoms with Crippen LogP contribution < -0.4 is 0 Å². The minimum atomic E-state index is -4.12. The molecule has 0 N–H and O–H groups in total. The standard InChI is InChI=1S/C15H17FO5S/c1-21-15(18)14(10-4-2-6-12(17)8-10)22(19,20)13-7-3-5-11(16)9-13/h3,5,7,9-10,14H,2,4,6,8H2,1H3. The van der Waals surface area contributed by atoms with Gasteiger partial charge in [0, 0.05) is 12.8 Å². The van der Waals surface area contributed by atoms with Crippen LogP contribution in [0.15, 0.2) is 29.2 Å². The van der Waals surface area contributed by atoms with Crippen molar-refractivity contribution < 1.29 is 27.1 Å². The van der Waals surface area contributed by atoms with Crippen molar-refractivity contribution in [2.45, 2.75) is 35.8 Å². The van der Waals surface area contributed by atoms with Crippen LogP contribution in [0.4, 0.5) is 4.39 Å². The molecule has 2 rings (SSSR count). The van der Waals surface area contributed by atoms with Crippen LogP contribution in [0.2, 0.25) is 0 Å². The van der Waals surface area contributed by atoms with Gasteiger partial charge in [0.1, 0.15) is 11.6 Å². The van der Waals surface area contributed by atoms with Crippen molar-refractivity contribution >= 4 is 21.6 Å². The molecule has 2 atom stereocenters. The van der Waals surface area contributed by atoms with Gasteiger partial charge in [-0.3, -0.25) is 9.59 Å². The molecule has 120 valence electrons. The fourth-order valence-corrected chi connectivity index (χ4v) is 4.72. The molecule has 0 aliphatic heterocycles. The first-order chi connectivity index (χ1) is 10.4. The van der Waals surface area contributed by atoms with Gasteiger partial charge in [-0.05, 0) is 37.0 Å². The summed E-state index contributed by atoms with van der Waals surface area (Å²) < 4.78 is 43.4. The number of hydrogen-bond acceptors (Lipinski definition) is 5. The molecule has 0 saturated heterocycles. The van der Waals surface area contributed by atoms with E-state index in [4.69, 9.17) is 0 Å². The number of benzene rings is 1. The molecule has 1 saturated carbocycles. The van der Waals surface area contributed by atoms with Gasteiger partial charge in [-0.15, -0.1) is 0 Å². The first-order valence-corrected chi connectivity index (χ1v) is 8.50. The van der Waals surface area contributed by atoms with Crippen LogP contribution in [0.5, 0.6) is 0 Å². The fourth-order valence-electron chi connectivity index (χ4n) is 2.80. The minimum Gasteiger partial charge on any atom is -0.468 e. The minimum absolute atomic E-state index is 0.0221. The summed E-state index contributed by atoms with van der Waals surface area (Å²) in [7, 11) is -3.03. The summed E-state index contributed by atoms with van der Waals surface area (Å²) in [6.45, 7) is 0. The number of rotatable bonds is 4. The predicted octanol–water partition coefficient (Wildman–Crippen LogP) is 1.90. The Morgan fingerprint density at radius 3 is 2.73 bits per heavy atom. The third-order valence-electron chi connectivity index (χ3n) is 3.84. The molecule has 0 spiro atoms. The molecule has 1 aromatic carbocycles. The van der Waals surface area contributed by atoms with Gasteiger partial charge >= 0.3 is 5.97 Å². The van der Waals surface area contributed by atoms with Gasteiger partial charge in [0.2, 0.25) is 0 Å². The van der Waals surface area contributed by atoms with E-state index in [2.05, 4.69) is 4.74 Å². The highest BCUT2D eigenvalue weighted by Crippen LogP contribution is 2.32. The summed E-state index contributed by atoms with van der Waals surface area (Å²) in [4.78, 5) is 23.3. The highest BCUT2D eigenvalue weighted by atomic mass is 32.2. The molecule has 22 heavy (non-hydrogen) atoms. The van der Waals surface area contributed by atoms with E-state index in [9.17, 15) is 22.4 Å². The Morgan fingerprint density at radius 1 is 1.41 bits per heavy atom. The van der Waals surface area contributed by atoms with Crippen molar-refractivity contribution in [2.75, 3.05) is 7.11 Å². The second-order valence-electron chi connectivity index (χ2n) is 5.34. The Labute approximate surface area is 128 Å². The van der Waals surface area contributed by atoms with Crippen molar-refractivity contribution in [1.29, 1.82) is 0 Å². The number of halogens is 1. The molecule has 1 aromatic rings. The van der Waals surface area contributed by atoms with Crippen LogP contribution in [0, 0.1) is 11.7 Å². The summed E-state index contributed by atoms with van der Waals surface area (Å²) in [5.74, 6) is -2.32. The average Bonchev–Trinajstić information content (AvgIpc) is 2.47. The highest BCUT2D eigenvalue weighted by molar-refractivity contribution is 7.92. The van der Waals surface area contributed by atoms with Gasteiger partial charge in [0.25, 0.3) is 0 Å². The molecule has 0 amide bonds. The zero-order valence-electron chi connectivity index (χ0n) is 12.1. The van der Waals surface area contributed by atoms with Gasteiger partial charge in [-0.1, -0.05) is 6.07 Å². The molecule has 5 nitrogen and oxygen atoms in total. The predicted molar refractivity (Wildman–Crippen MR) is 76.4 cm³/mol. The van der Waals surface area contributed by atoms with E-state index in [1.165, 1.54) is 12.1 Å². The van der Waals surface area contributed by atoms with Crippen LogP contribution in [0.25, 0.3) is 0 Å². The van der Waals surface area contributed by atoms with Gasteiger partial charge in [0.05, 0.1) is 12.0 Å². The second-order valence-corrected chi connectivity index (χ2v) is 7.41. The lowest BCUT2D eigenvalue weighted by Crippen LogP contribution is -2.40. The molecule has 0 bridgehead atoms. The van der Waals surface area contributed by atoms with Crippen molar-refractivity contribution in [2.24, 2.45) is 5.92 Å². The summed E-state index contributed by atoms with van der Waals surface area (Å²) in [6.07, 6.45) is 1.40. The van der Waals surface area contributed by atoms with E-state index in [1.54, 1.807) is 0 Å². The Morgan fingerprint density at radius 2 is 2.14 bits per heavy atom. The quantitative estimate of drug-likeness (QED) is 0.789. The zero-order valence-corrected chi connectivity index (χ0v) is 12.9. The zero-order chi connectivity index (χ0) is 16.3. The van der Waals surface area contributed by atoms with Crippen molar-refractivity contribution in [3.05, 3.63) is 30.1 Å². The van der Waals surface area contributed by atoms with E-state index >= 15 is 0 Å². The normalized spacial score (nSPS) is 20.5. The van der Waals surface area contributed by atoms with E-state index in [1.807, 2.05) is 0 Å². The van der Waals surface area contributed by atoms with Crippen LogP contribution in [0.3, 0.4) is 0 Å². The van der Waals surface area contributed by atoms with E-state index in [0.717, 1.165) is 19.2 Å². The van der Waals surface area contributed by atoms with E-state index in [-0.39, 0.29) is 17.1 Å². The maximum Gasteiger partial charge on any atom is 0.324 e. The summed E-state index contributed by atoms with van der Waals surface area (Å²) in [5, 5.41) is -1.48. The molecule has 1 aliphatic carbocycles.